The Morgan fingerprint density at radius 1 is 1.30 bits per heavy atom. The molecule has 1 aliphatic rings. The molecule has 2 amide bonds. The first-order valence-electron chi connectivity index (χ1n) is 9.00. The number of hydrogen-bond acceptors (Lipinski definition) is 4. The normalized spacial score (nSPS) is 18.8. The minimum absolute atomic E-state index is 0.131. The number of nitrogens with zero attached hydrogens (tertiary/aromatic N) is 3. The van der Waals surface area contributed by atoms with Gasteiger partial charge in [0.25, 0.3) is 0 Å². The maximum Gasteiger partial charge on any atom is 0.388 e. The number of likely N-dealkylation sites (tertiary alicyclic amines) is 1. The zero-order valence-corrected chi connectivity index (χ0v) is 16.4. The first-order valence-corrected chi connectivity index (χ1v) is 9.00. The van der Waals surface area contributed by atoms with E-state index in [0.717, 1.165) is 11.0 Å². The summed E-state index contributed by atoms with van der Waals surface area (Å²) < 4.78 is 57.3. The van der Waals surface area contributed by atoms with Gasteiger partial charge in [-0.25, -0.2) is 13.8 Å². The van der Waals surface area contributed by atoms with Gasteiger partial charge in [0.1, 0.15) is 5.92 Å². The number of halogens is 4. The van der Waals surface area contributed by atoms with Gasteiger partial charge >= 0.3 is 6.61 Å². The van der Waals surface area contributed by atoms with Gasteiger partial charge in [-0.3, -0.25) is 9.59 Å². The summed E-state index contributed by atoms with van der Waals surface area (Å²) in [7, 11) is 2.74. The number of aromatic nitrogens is 1. The molecule has 160 valence electrons. The summed E-state index contributed by atoms with van der Waals surface area (Å²) in [5, 5.41) is 0. The van der Waals surface area contributed by atoms with Crippen molar-refractivity contribution in [1.29, 1.82) is 0 Å². The van der Waals surface area contributed by atoms with E-state index in [1.54, 1.807) is 13.0 Å². The van der Waals surface area contributed by atoms with E-state index in [4.69, 9.17) is 0 Å². The van der Waals surface area contributed by atoms with Crippen LogP contribution in [0.2, 0.25) is 0 Å². The third-order valence-electron chi connectivity index (χ3n) is 4.99. The molecule has 0 N–H and O–H groups in total. The minimum Gasteiger partial charge on any atom is -0.417 e. The van der Waals surface area contributed by atoms with Gasteiger partial charge in [-0.15, -0.1) is 0 Å². The quantitative estimate of drug-likeness (QED) is 0.546. The van der Waals surface area contributed by atoms with Crippen molar-refractivity contribution in [2.24, 2.45) is 5.92 Å². The minimum atomic E-state index is -3.08. The second kappa shape index (κ2) is 8.29. The Morgan fingerprint density at radius 2 is 2.00 bits per heavy atom. The highest BCUT2D eigenvalue weighted by Gasteiger charge is 2.46. The molecule has 1 fully saturated rings. The summed E-state index contributed by atoms with van der Waals surface area (Å²) in [6.45, 7) is -1.39. The highest BCUT2D eigenvalue weighted by molar-refractivity contribution is 6.09. The lowest BCUT2D eigenvalue weighted by molar-refractivity contribution is -0.136. The molecule has 1 saturated heterocycles. The molecule has 2 atom stereocenters. The number of aryl methyl sites for hydroxylation is 1. The number of hydrogen-bond donors (Lipinski definition) is 0. The van der Waals surface area contributed by atoms with E-state index in [1.165, 1.54) is 37.2 Å². The van der Waals surface area contributed by atoms with Crippen LogP contribution in [0.5, 0.6) is 5.88 Å². The molecule has 0 radical (unpaired) electrons. The average molecular weight is 425 g/mol. The van der Waals surface area contributed by atoms with Crippen LogP contribution in [0.3, 0.4) is 0 Å². The Labute approximate surface area is 170 Å². The van der Waals surface area contributed by atoms with Crippen molar-refractivity contribution in [1.82, 2.24) is 9.88 Å². The van der Waals surface area contributed by atoms with Crippen molar-refractivity contribution in [3.63, 3.8) is 0 Å². The molecule has 30 heavy (non-hydrogen) atoms. The van der Waals surface area contributed by atoms with Gasteiger partial charge in [0.2, 0.25) is 17.7 Å². The lowest BCUT2D eigenvalue weighted by Gasteiger charge is -2.24. The van der Waals surface area contributed by atoms with Gasteiger partial charge in [-0.05, 0) is 30.7 Å². The number of alkyl halides is 2. The van der Waals surface area contributed by atoms with E-state index >= 15 is 0 Å². The highest BCUT2D eigenvalue weighted by atomic mass is 19.3. The molecule has 3 rings (SSSR count). The zero-order chi connectivity index (χ0) is 22.2. The number of carbonyl (C=O) groups excluding carboxylic acids is 2. The molecule has 2 heterocycles. The van der Waals surface area contributed by atoms with E-state index in [-0.39, 0.29) is 18.1 Å². The van der Waals surface area contributed by atoms with Crippen LogP contribution in [-0.2, 0) is 9.59 Å². The van der Waals surface area contributed by atoms with Crippen LogP contribution in [-0.4, -0.2) is 48.9 Å². The number of amides is 2. The molecular weight excluding hydrogens is 406 g/mol. The number of rotatable bonds is 5. The van der Waals surface area contributed by atoms with E-state index in [9.17, 15) is 27.2 Å². The van der Waals surface area contributed by atoms with Gasteiger partial charge in [0.15, 0.2) is 11.6 Å². The highest BCUT2D eigenvalue weighted by Crippen LogP contribution is 2.37. The Kier molecular flexibility index (Phi) is 5.95. The van der Waals surface area contributed by atoms with Crippen molar-refractivity contribution in [3.05, 3.63) is 53.2 Å². The van der Waals surface area contributed by atoms with Crippen LogP contribution >= 0.6 is 0 Å². The largest absolute Gasteiger partial charge is 0.417 e. The van der Waals surface area contributed by atoms with Crippen molar-refractivity contribution >= 4 is 17.5 Å². The molecule has 2 aromatic rings. The number of anilines is 1. The van der Waals surface area contributed by atoms with Gasteiger partial charge in [-0.2, -0.15) is 8.78 Å². The van der Waals surface area contributed by atoms with Crippen molar-refractivity contribution in [2.45, 2.75) is 19.5 Å². The first kappa shape index (κ1) is 21.5. The maximum atomic E-state index is 14.2. The molecule has 1 aliphatic heterocycles. The Balaban J connectivity index is 1.98. The SMILES string of the molecule is Cc1cc([C@H]2CN(C)C(=O)[C@H]2C(=O)N(C)c2cccc(F)c2F)cc(OC(F)F)n1. The summed E-state index contributed by atoms with van der Waals surface area (Å²) in [5.41, 5.74) is 0.455. The third kappa shape index (κ3) is 4.07. The van der Waals surface area contributed by atoms with Crippen molar-refractivity contribution in [3.8, 4) is 5.88 Å². The van der Waals surface area contributed by atoms with Gasteiger partial charge in [0.05, 0.1) is 5.69 Å². The summed E-state index contributed by atoms with van der Waals surface area (Å²) >= 11 is 0. The van der Waals surface area contributed by atoms with E-state index < -0.39 is 41.9 Å². The number of likely N-dealkylation sites (N-methyl/N-ethyl adjacent to an activating group) is 1. The molecule has 1 aromatic heterocycles. The first-order chi connectivity index (χ1) is 14.1. The lowest BCUT2D eigenvalue weighted by atomic mass is 9.87. The molecule has 6 nitrogen and oxygen atoms in total. The molecule has 10 heteroatoms. The average Bonchev–Trinajstić information content (AvgIpc) is 2.96. The van der Waals surface area contributed by atoms with Crippen LogP contribution in [0.1, 0.15) is 17.2 Å². The summed E-state index contributed by atoms with van der Waals surface area (Å²) in [6, 6.07) is 6.20. The predicted octanol–water partition coefficient (Wildman–Crippen LogP) is 3.10. The Bertz CT molecular complexity index is 986. The molecule has 0 unspecified atom stereocenters. The summed E-state index contributed by atoms with van der Waals surface area (Å²) in [5.74, 6) is -5.89. The third-order valence-corrected chi connectivity index (χ3v) is 4.99. The van der Waals surface area contributed by atoms with Gasteiger partial charge in [0, 0.05) is 38.3 Å². The van der Waals surface area contributed by atoms with Crippen LogP contribution in [0.25, 0.3) is 0 Å². The number of ether oxygens (including phenoxy) is 1. The Hall–Kier alpha value is -3.17. The number of benzene rings is 1. The van der Waals surface area contributed by atoms with Crippen LogP contribution in [0.15, 0.2) is 30.3 Å². The summed E-state index contributed by atoms with van der Waals surface area (Å²) in [4.78, 5) is 31.9. The fourth-order valence-corrected chi connectivity index (χ4v) is 3.58. The van der Waals surface area contributed by atoms with Crippen molar-refractivity contribution < 1.29 is 31.9 Å². The zero-order valence-electron chi connectivity index (χ0n) is 16.4. The van der Waals surface area contributed by atoms with E-state index in [0.29, 0.717) is 11.3 Å². The number of carbonyl (C=O) groups is 2. The van der Waals surface area contributed by atoms with E-state index in [2.05, 4.69) is 9.72 Å². The van der Waals surface area contributed by atoms with Crippen LogP contribution < -0.4 is 9.64 Å². The fraction of sp³-hybridized carbons (Fsp3) is 0.350. The molecule has 0 spiro atoms. The Morgan fingerprint density at radius 3 is 2.67 bits per heavy atom. The van der Waals surface area contributed by atoms with Crippen LogP contribution in [0.4, 0.5) is 23.2 Å². The van der Waals surface area contributed by atoms with E-state index in [1.807, 2.05) is 0 Å². The lowest BCUT2D eigenvalue weighted by Crippen LogP contribution is -2.39. The predicted molar refractivity (Wildman–Crippen MR) is 99.2 cm³/mol. The molecule has 0 aliphatic carbocycles. The molecule has 1 aromatic carbocycles. The fourth-order valence-electron chi connectivity index (χ4n) is 3.58. The molecular formula is C20H19F4N3O3. The second-order valence-corrected chi connectivity index (χ2v) is 7.03. The number of pyridine rings is 1. The molecule has 0 bridgehead atoms. The van der Waals surface area contributed by atoms with Crippen molar-refractivity contribution in [2.75, 3.05) is 25.5 Å². The second-order valence-electron chi connectivity index (χ2n) is 7.03. The smallest absolute Gasteiger partial charge is 0.388 e. The monoisotopic (exact) mass is 425 g/mol. The summed E-state index contributed by atoms with van der Waals surface area (Å²) in [6.07, 6.45) is 0. The van der Waals surface area contributed by atoms with Gasteiger partial charge in [-0.1, -0.05) is 6.07 Å². The standard InChI is InChI=1S/C20H19F4N3O3/c1-10-7-11(8-15(25-10)30-20(23)24)12-9-26(2)18(28)16(12)19(29)27(3)14-6-4-5-13(21)17(14)22/h4-8,12,16,20H,9H2,1-3H3/t12-,16+/m1/s1. The maximum absolute atomic E-state index is 14.2. The van der Waals surface area contributed by atoms with Gasteiger partial charge < -0.3 is 14.5 Å². The topological polar surface area (TPSA) is 62.7 Å². The van der Waals surface area contributed by atoms with Crippen LogP contribution in [0, 0.1) is 24.5 Å². The molecule has 0 saturated carbocycles.